The van der Waals surface area contributed by atoms with Gasteiger partial charge in [-0.1, -0.05) is 65.2 Å². The first-order chi connectivity index (χ1) is 10.1. The molecule has 0 aliphatic carbocycles. The summed E-state index contributed by atoms with van der Waals surface area (Å²) in [6.07, 6.45) is 18.1. The van der Waals surface area contributed by atoms with Gasteiger partial charge in [0.1, 0.15) is 6.26 Å². The molecule has 0 saturated heterocycles. The summed E-state index contributed by atoms with van der Waals surface area (Å²) in [6.45, 7) is 6.83. The smallest absolute Gasteiger partial charge is 0.121 e. The molecule has 0 bridgehead atoms. The molecule has 0 unspecified atom stereocenters. The van der Waals surface area contributed by atoms with Crippen LogP contribution >= 0.6 is 0 Å². The van der Waals surface area contributed by atoms with Crippen LogP contribution < -0.4 is 5.73 Å². The van der Waals surface area contributed by atoms with E-state index in [1.807, 2.05) is 17.3 Å². The second-order valence-corrected chi connectivity index (χ2v) is 6.48. The summed E-state index contributed by atoms with van der Waals surface area (Å²) in [5, 5.41) is 1.99. The molecule has 1 aliphatic heterocycles. The number of hydroxylamine groups is 2. The van der Waals surface area contributed by atoms with Gasteiger partial charge >= 0.3 is 0 Å². The van der Waals surface area contributed by atoms with Crippen LogP contribution in [0.1, 0.15) is 85.0 Å². The second kappa shape index (κ2) is 9.75. The van der Waals surface area contributed by atoms with Gasteiger partial charge in [0.25, 0.3) is 0 Å². The summed E-state index contributed by atoms with van der Waals surface area (Å²) in [5.74, 6) is 0. The van der Waals surface area contributed by atoms with Gasteiger partial charge in [0.05, 0.1) is 17.4 Å². The van der Waals surface area contributed by atoms with Gasteiger partial charge in [0, 0.05) is 6.08 Å². The molecule has 3 nitrogen and oxygen atoms in total. The van der Waals surface area contributed by atoms with Crippen LogP contribution in [0.4, 0.5) is 0 Å². The highest BCUT2D eigenvalue weighted by Gasteiger charge is 2.31. The molecular formula is C18H34N2O. The number of unbranched alkanes of at least 4 members (excludes halogenated alkanes) is 6. The molecule has 0 atom stereocenters. The lowest BCUT2D eigenvalue weighted by molar-refractivity contribution is -0.144. The maximum atomic E-state index is 5.93. The highest BCUT2D eigenvalue weighted by atomic mass is 16.7. The van der Waals surface area contributed by atoms with Crippen molar-refractivity contribution in [1.29, 1.82) is 0 Å². The van der Waals surface area contributed by atoms with E-state index < -0.39 is 0 Å². The molecule has 122 valence electrons. The Morgan fingerprint density at radius 2 is 1.57 bits per heavy atom. The van der Waals surface area contributed by atoms with E-state index >= 15 is 0 Å². The third-order valence-corrected chi connectivity index (χ3v) is 4.37. The van der Waals surface area contributed by atoms with Crippen molar-refractivity contribution < 1.29 is 4.84 Å². The maximum absolute atomic E-state index is 5.93. The lowest BCUT2D eigenvalue weighted by Gasteiger charge is -2.40. The maximum Gasteiger partial charge on any atom is 0.121 e. The van der Waals surface area contributed by atoms with Crippen molar-refractivity contribution in [2.24, 2.45) is 5.73 Å². The average molecular weight is 294 g/mol. The fourth-order valence-corrected chi connectivity index (χ4v) is 2.88. The Labute approximate surface area is 131 Å². The number of nitrogens with zero attached hydrogens (tertiary/aromatic N) is 1. The highest BCUT2D eigenvalue weighted by Crippen LogP contribution is 2.31. The van der Waals surface area contributed by atoms with E-state index in [4.69, 9.17) is 10.6 Å². The van der Waals surface area contributed by atoms with E-state index in [1.165, 1.54) is 51.4 Å². The van der Waals surface area contributed by atoms with E-state index in [9.17, 15) is 0 Å². The normalized spacial score (nSPS) is 15.0. The summed E-state index contributed by atoms with van der Waals surface area (Å²) in [7, 11) is 0. The molecule has 21 heavy (non-hydrogen) atoms. The van der Waals surface area contributed by atoms with Gasteiger partial charge in [-0.25, -0.2) is 5.06 Å². The van der Waals surface area contributed by atoms with Crippen LogP contribution in [0.5, 0.6) is 0 Å². The minimum absolute atomic E-state index is 0.0524. The zero-order chi connectivity index (χ0) is 15.6. The second-order valence-electron chi connectivity index (χ2n) is 6.48. The van der Waals surface area contributed by atoms with Crippen molar-refractivity contribution in [1.82, 2.24) is 5.06 Å². The van der Waals surface area contributed by atoms with Gasteiger partial charge in [-0.2, -0.15) is 0 Å². The monoisotopic (exact) mass is 294 g/mol. The molecule has 0 aromatic carbocycles. The first-order valence-electron chi connectivity index (χ1n) is 8.72. The molecule has 0 aromatic heterocycles. The van der Waals surface area contributed by atoms with Gasteiger partial charge in [-0.05, 0) is 19.8 Å². The Bertz CT molecular complexity index is 324. The van der Waals surface area contributed by atoms with E-state index in [0.29, 0.717) is 0 Å². The molecule has 3 heteroatoms. The number of hydrogen-bond donors (Lipinski definition) is 1. The highest BCUT2D eigenvalue weighted by molar-refractivity contribution is 5.15. The van der Waals surface area contributed by atoms with Gasteiger partial charge in [0.2, 0.25) is 0 Å². The van der Waals surface area contributed by atoms with Crippen molar-refractivity contribution in [3.05, 3.63) is 24.2 Å². The summed E-state index contributed by atoms with van der Waals surface area (Å²) < 4.78 is 0. The van der Waals surface area contributed by atoms with Gasteiger partial charge in [-0.3, -0.25) is 0 Å². The van der Waals surface area contributed by atoms with E-state index in [1.54, 1.807) is 6.26 Å². The van der Waals surface area contributed by atoms with E-state index in [2.05, 4.69) is 20.8 Å². The molecule has 1 aliphatic rings. The Morgan fingerprint density at radius 1 is 1.00 bits per heavy atom. The molecule has 1 rings (SSSR count). The predicted octanol–water partition coefficient (Wildman–Crippen LogP) is 5.25. The predicted molar refractivity (Wildman–Crippen MR) is 90.3 cm³/mol. The molecule has 0 amide bonds. The largest absolute Gasteiger partial charge is 0.397 e. The standard InChI is InChI=1S/C18H34N2O/c1-4-6-8-10-13-18(3,14-11-9-7-5-2)20-16-17(19)12-15-21-20/h12,15-16H,4-11,13-14,19H2,1-3H3. The Balaban J connectivity index is 2.57. The molecular weight excluding hydrogens is 260 g/mol. The van der Waals surface area contributed by atoms with Crippen molar-refractivity contribution in [3.8, 4) is 0 Å². The Kier molecular flexibility index (Phi) is 8.33. The van der Waals surface area contributed by atoms with Gasteiger partial charge in [-0.15, -0.1) is 0 Å². The van der Waals surface area contributed by atoms with Crippen LogP contribution in [0, 0.1) is 0 Å². The van der Waals surface area contributed by atoms with Crippen LogP contribution in [0.2, 0.25) is 0 Å². The molecule has 0 aromatic rings. The van der Waals surface area contributed by atoms with Crippen LogP contribution in [0.15, 0.2) is 24.2 Å². The van der Waals surface area contributed by atoms with E-state index in [-0.39, 0.29) is 5.54 Å². The number of rotatable bonds is 11. The fraction of sp³-hybridized carbons (Fsp3) is 0.778. The first-order valence-corrected chi connectivity index (χ1v) is 8.72. The summed E-state index contributed by atoms with van der Waals surface area (Å²) in [4.78, 5) is 5.72. The zero-order valence-electron chi connectivity index (χ0n) is 14.2. The topological polar surface area (TPSA) is 38.5 Å². The number of hydrogen-bond acceptors (Lipinski definition) is 3. The molecule has 0 saturated carbocycles. The summed E-state index contributed by atoms with van der Waals surface area (Å²) in [5.41, 5.74) is 6.75. The lowest BCUT2D eigenvalue weighted by Crippen LogP contribution is -2.43. The SMILES string of the molecule is CCCCCCC(C)(CCCCCC)N1C=C(N)C=CO1. The minimum Gasteiger partial charge on any atom is -0.397 e. The molecule has 0 radical (unpaired) electrons. The fourth-order valence-electron chi connectivity index (χ4n) is 2.88. The van der Waals surface area contributed by atoms with Crippen LogP contribution in [-0.2, 0) is 4.84 Å². The molecule has 0 fully saturated rings. The summed E-state index contributed by atoms with van der Waals surface area (Å²) in [6, 6.07) is 0. The lowest BCUT2D eigenvalue weighted by atomic mass is 9.87. The zero-order valence-corrected chi connectivity index (χ0v) is 14.2. The minimum atomic E-state index is 0.0524. The molecule has 0 spiro atoms. The quantitative estimate of drug-likeness (QED) is 0.529. The third-order valence-electron chi connectivity index (χ3n) is 4.37. The van der Waals surface area contributed by atoms with Crippen molar-refractivity contribution >= 4 is 0 Å². The van der Waals surface area contributed by atoms with Crippen LogP contribution in [0.3, 0.4) is 0 Å². The summed E-state index contributed by atoms with van der Waals surface area (Å²) >= 11 is 0. The van der Waals surface area contributed by atoms with Crippen LogP contribution in [0.25, 0.3) is 0 Å². The number of allylic oxidation sites excluding steroid dienone is 1. The van der Waals surface area contributed by atoms with Crippen LogP contribution in [-0.4, -0.2) is 10.6 Å². The van der Waals surface area contributed by atoms with Crippen molar-refractivity contribution in [3.63, 3.8) is 0 Å². The Morgan fingerprint density at radius 3 is 2.05 bits per heavy atom. The molecule has 1 heterocycles. The molecule has 2 N–H and O–H groups in total. The van der Waals surface area contributed by atoms with Gasteiger partial charge in [0.15, 0.2) is 0 Å². The van der Waals surface area contributed by atoms with E-state index in [0.717, 1.165) is 18.5 Å². The number of nitrogens with two attached hydrogens (primary N) is 1. The average Bonchev–Trinajstić information content (AvgIpc) is 2.48. The van der Waals surface area contributed by atoms with Crippen molar-refractivity contribution in [2.75, 3.05) is 0 Å². The first kappa shape index (κ1) is 17.9. The Hall–Kier alpha value is -1.12. The van der Waals surface area contributed by atoms with Crippen molar-refractivity contribution in [2.45, 2.75) is 90.5 Å². The van der Waals surface area contributed by atoms with Gasteiger partial charge < -0.3 is 10.6 Å². The third kappa shape index (κ3) is 6.45.